The van der Waals surface area contributed by atoms with E-state index in [1.54, 1.807) is 0 Å². The third-order valence-corrected chi connectivity index (χ3v) is 5.60. The summed E-state index contributed by atoms with van der Waals surface area (Å²) in [6.07, 6.45) is -3.12. The molecule has 0 aromatic heterocycles. The van der Waals surface area contributed by atoms with Gasteiger partial charge in [0.2, 0.25) is 0 Å². The van der Waals surface area contributed by atoms with Crippen LogP contribution in [0.15, 0.2) is 60.7 Å². The smallest absolute Gasteiger partial charge is 0.303 e. The summed E-state index contributed by atoms with van der Waals surface area (Å²) in [5, 5.41) is -0.604. The summed E-state index contributed by atoms with van der Waals surface area (Å²) in [6.45, 7) is 3.38. The molecule has 0 saturated carbocycles. The number of alkyl halides is 1. The highest BCUT2D eigenvalue weighted by molar-refractivity contribution is 9.09. The fraction of sp³-hybridized carbons (Fsp3) is 0.417. The lowest BCUT2D eigenvalue weighted by atomic mass is 9.99. The monoisotopic (exact) mass is 506 g/mol. The molecule has 0 bridgehead atoms. The molecule has 1 saturated heterocycles. The Balaban J connectivity index is 1.73. The van der Waals surface area contributed by atoms with Gasteiger partial charge in [0.05, 0.1) is 19.8 Å². The minimum absolute atomic E-state index is 0.137. The van der Waals surface area contributed by atoms with Crippen LogP contribution in [0.5, 0.6) is 0 Å². The number of benzene rings is 2. The average Bonchev–Trinajstić information content (AvgIpc) is 2.76. The minimum atomic E-state index is -0.887. The maximum Gasteiger partial charge on any atom is 0.303 e. The van der Waals surface area contributed by atoms with Gasteiger partial charge in [0.1, 0.15) is 17.2 Å². The first-order chi connectivity index (χ1) is 15.4. The molecular weight excluding hydrogens is 480 g/mol. The fourth-order valence-electron chi connectivity index (χ4n) is 3.47. The van der Waals surface area contributed by atoms with Gasteiger partial charge in [-0.2, -0.15) is 0 Å². The second kappa shape index (κ2) is 12.1. The van der Waals surface area contributed by atoms with Crippen LogP contribution >= 0.6 is 15.9 Å². The summed E-state index contributed by atoms with van der Waals surface area (Å²) < 4.78 is 29.0. The molecule has 5 atom stereocenters. The maximum atomic E-state index is 11.9. The molecule has 0 radical (unpaired) electrons. The van der Waals surface area contributed by atoms with Crippen molar-refractivity contribution < 1.29 is 33.3 Å². The van der Waals surface area contributed by atoms with E-state index in [-0.39, 0.29) is 13.2 Å². The fourth-order valence-corrected chi connectivity index (χ4v) is 4.20. The quantitative estimate of drug-likeness (QED) is 0.378. The molecule has 2 aromatic carbocycles. The molecule has 8 heteroatoms. The molecule has 1 aliphatic rings. The van der Waals surface area contributed by atoms with Crippen LogP contribution in [-0.4, -0.2) is 48.0 Å². The SMILES string of the molecule is CC(=O)O[C@@H]1C(OCc2ccccc2)[C@@H](Br)OC(COCc2ccccc2)[C@@H]1OC(C)=O. The molecule has 32 heavy (non-hydrogen) atoms. The summed E-state index contributed by atoms with van der Waals surface area (Å²) in [7, 11) is 0. The lowest BCUT2D eigenvalue weighted by Crippen LogP contribution is -2.60. The van der Waals surface area contributed by atoms with Crippen LogP contribution in [0.1, 0.15) is 25.0 Å². The van der Waals surface area contributed by atoms with E-state index in [1.165, 1.54) is 13.8 Å². The summed E-state index contributed by atoms with van der Waals surface area (Å²) in [4.78, 5) is 23.7. The standard InChI is InChI=1S/C24H27BrO7/c1-16(26)30-21-20(15-28-13-18-9-5-3-6-10-18)32-24(25)23(22(21)31-17(2)27)29-14-19-11-7-4-8-12-19/h3-12,20-24H,13-15H2,1-2H3/t20?,21-,22-,23?,24-/m0/s1. The molecule has 0 N–H and O–H groups in total. The number of halogens is 1. The first-order valence-corrected chi connectivity index (χ1v) is 11.3. The van der Waals surface area contributed by atoms with Crippen LogP contribution in [0, 0.1) is 0 Å². The van der Waals surface area contributed by atoms with E-state index in [9.17, 15) is 9.59 Å². The second-order valence-corrected chi connectivity index (χ2v) is 8.34. The number of carbonyl (C=O) groups excluding carboxylic acids is 2. The van der Waals surface area contributed by atoms with Crippen LogP contribution in [-0.2, 0) is 46.5 Å². The molecule has 0 amide bonds. The number of ether oxygens (including phenoxy) is 5. The van der Waals surface area contributed by atoms with Gasteiger partial charge in [-0.3, -0.25) is 9.59 Å². The normalized spacial score (nSPS) is 25.2. The van der Waals surface area contributed by atoms with Crippen molar-refractivity contribution in [3.8, 4) is 0 Å². The highest BCUT2D eigenvalue weighted by Crippen LogP contribution is 2.32. The number of rotatable bonds is 9. The number of esters is 2. The van der Waals surface area contributed by atoms with Gasteiger partial charge >= 0.3 is 11.9 Å². The highest BCUT2D eigenvalue weighted by atomic mass is 79.9. The largest absolute Gasteiger partial charge is 0.456 e. The lowest BCUT2D eigenvalue weighted by Gasteiger charge is -2.43. The van der Waals surface area contributed by atoms with Gasteiger partial charge in [0.25, 0.3) is 0 Å². The zero-order valence-electron chi connectivity index (χ0n) is 18.0. The Labute approximate surface area is 196 Å². The summed E-state index contributed by atoms with van der Waals surface area (Å²) in [5.41, 5.74) is 1.95. The Hall–Kier alpha value is -2.26. The molecule has 1 heterocycles. The molecule has 7 nitrogen and oxygen atoms in total. The third kappa shape index (κ3) is 7.13. The molecule has 2 aromatic rings. The van der Waals surface area contributed by atoms with Crippen LogP contribution < -0.4 is 0 Å². The maximum absolute atomic E-state index is 11.9. The van der Waals surface area contributed by atoms with E-state index in [2.05, 4.69) is 15.9 Å². The van der Waals surface area contributed by atoms with Gasteiger partial charge in [-0.25, -0.2) is 0 Å². The van der Waals surface area contributed by atoms with Gasteiger partial charge in [-0.1, -0.05) is 76.6 Å². The second-order valence-electron chi connectivity index (χ2n) is 7.44. The number of hydrogen-bond donors (Lipinski definition) is 0. The predicted molar refractivity (Wildman–Crippen MR) is 120 cm³/mol. The molecule has 0 spiro atoms. The molecule has 3 rings (SSSR count). The highest BCUT2D eigenvalue weighted by Gasteiger charge is 2.50. The molecule has 1 aliphatic heterocycles. The lowest BCUT2D eigenvalue weighted by molar-refractivity contribution is -0.241. The summed E-state index contributed by atoms with van der Waals surface area (Å²) in [6, 6.07) is 19.3. The van der Waals surface area contributed by atoms with Crippen LogP contribution in [0.2, 0.25) is 0 Å². The van der Waals surface area contributed by atoms with Crippen LogP contribution in [0.25, 0.3) is 0 Å². The van der Waals surface area contributed by atoms with E-state index < -0.39 is 41.4 Å². The Morgan fingerprint density at radius 3 is 1.91 bits per heavy atom. The molecular formula is C24H27BrO7. The van der Waals surface area contributed by atoms with E-state index >= 15 is 0 Å². The topological polar surface area (TPSA) is 80.3 Å². The van der Waals surface area contributed by atoms with Gasteiger partial charge in [-0.05, 0) is 11.1 Å². The number of carbonyl (C=O) groups is 2. The van der Waals surface area contributed by atoms with Crippen molar-refractivity contribution in [2.24, 2.45) is 0 Å². The molecule has 0 aliphatic carbocycles. The average molecular weight is 507 g/mol. The van der Waals surface area contributed by atoms with Crippen molar-refractivity contribution in [1.29, 1.82) is 0 Å². The summed E-state index contributed by atoms with van der Waals surface area (Å²) in [5.74, 6) is -1.02. The Kier molecular flexibility index (Phi) is 9.23. The van der Waals surface area contributed by atoms with E-state index in [0.29, 0.717) is 6.61 Å². The Morgan fingerprint density at radius 2 is 1.34 bits per heavy atom. The Morgan fingerprint density at radius 1 is 0.812 bits per heavy atom. The van der Waals surface area contributed by atoms with Crippen molar-refractivity contribution in [3.05, 3.63) is 71.8 Å². The van der Waals surface area contributed by atoms with Gasteiger partial charge in [-0.15, -0.1) is 0 Å². The molecule has 2 unspecified atom stereocenters. The van der Waals surface area contributed by atoms with E-state index in [4.69, 9.17) is 23.7 Å². The van der Waals surface area contributed by atoms with Crippen molar-refractivity contribution in [3.63, 3.8) is 0 Å². The van der Waals surface area contributed by atoms with Crippen molar-refractivity contribution >= 4 is 27.9 Å². The third-order valence-electron chi connectivity index (χ3n) is 4.86. The van der Waals surface area contributed by atoms with Gasteiger partial charge in [0, 0.05) is 13.8 Å². The van der Waals surface area contributed by atoms with E-state index in [0.717, 1.165) is 11.1 Å². The van der Waals surface area contributed by atoms with Gasteiger partial charge < -0.3 is 23.7 Å². The first-order valence-electron chi connectivity index (χ1n) is 10.3. The van der Waals surface area contributed by atoms with Crippen molar-refractivity contribution in [1.82, 2.24) is 0 Å². The predicted octanol–water partition coefficient (Wildman–Crippen LogP) is 3.77. The molecule has 1 fully saturated rings. The molecule has 172 valence electrons. The number of hydrogen-bond acceptors (Lipinski definition) is 7. The Bertz CT molecular complexity index is 861. The van der Waals surface area contributed by atoms with Crippen LogP contribution in [0.4, 0.5) is 0 Å². The van der Waals surface area contributed by atoms with Gasteiger partial charge in [0.15, 0.2) is 12.2 Å². The minimum Gasteiger partial charge on any atom is -0.456 e. The summed E-state index contributed by atoms with van der Waals surface area (Å²) >= 11 is 3.50. The van der Waals surface area contributed by atoms with Crippen LogP contribution in [0.3, 0.4) is 0 Å². The zero-order chi connectivity index (χ0) is 22.9. The van der Waals surface area contributed by atoms with E-state index in [1.807, 2.05) is 60.7 Å². The zero-order valence-corrected chi connectivity index (χ0v) is 19.6. The van der Waals surface area contributed by atoms with Crippen molar-refractivity contribution in [2.45, 2.75) is 56.5 Å². The van der Waals surface area contributed by atoms with Crippen molar-refractivity contribution in [2.75, 3.05) is 6.61 Å². The first kappa shape index (κ1) is 24.4.